The number of imide groups is 1. The lowest BCUT2D eigenvalue weighted by Gasteiger charge is -2.29. The van der Waals surface area contributed by atoms with Gasteiger partial charge in [-0.1, -0.05) is 65.1 Å². The van der Waals surface area contributed by atoms with Gasteiger partial charge in [-0.2, -0.15) is 0 Å². The van der Waals surface area contributed by atoms with Crippen LogP contribution in [0.5, 0.6) is 0 Å². The minimum Gasteiger partial charge on any atom is -0.350 e. The Morgan fingerprint density at radius 2 is 1.60 bits per heavy atom. The zero-order chi connectivity index (χ0) is 24.7. The average molecular weight is 527 g/mol. The molecule has 0 bridgehead atoms. The van der Waals surface area contributed by atoms with E-state index >= 15 is 0 Å². The van der Waals surface area contributed by atoms with Crippen LogP contribution in [-0.4, -0.2) is 29.2 Å². The van der Waals surface area contributed by atoms with Gasteiger partial charge in [0, 0.05) is 24.3 Å². The Labute approximate surface area is 216 Å². The Kier molecular flexibility index (Phi) is 6.28. The number of hydrogen-bond donors (Lipinski definition) is 1. The molecule has 3 amide bonds. The lowest BCUT2D eigenvalue weighted by atomic mass is 9.99. The van der Waals surface area contributed by atoms with Crippen LogP contribution in [0, 0.1) is 0 Å². The number of carbonyl (C=O) groups is 3. The van der Waals surface area contributed by atoms with Crippen LogP contribution in [0.1, 0.15) is 21.5 Å². The highest BCUT2D eigenvalue weighted by Crippen LogP contribution is 2.33. The molecule has 9 heteroatoms. The molecule has 0 saturated heterocycles. The molecular formula is C26H18Cl3N3O3. The van der Waals surface area contributed by atoms with Crippen LogP contribution in [0.2, 0.25) is 10.0 Å². The number of nitrogens with zero attached hydrogens (tertiary/aromatic N) is 2. The van der Waals surface area contributed by atoms with Crippen molar-refractivity contribution < 1.29 is 14.4 Å². The number of benzene rings is 3. The fourth-order valence-electron chi connectivity index (χ4n) is 4.20. The number of rotatable bonds is 4. The van der Waals surface area contributed by atoms with Crippen molar-refractivity contribution in [1.82, 2.24) is 4.90 Å². The molecule has 0 radical (unpaired) electrons. The van der Waals surface area contributed by atoms with Crippen molar-refractivity contribution >= 4 is 63.9 Å². The van der Waals surface area contributed by atoms with Crippen molar-refractivity contribution in [3.8, 4) is 0 Å². The first-order valence-electron chi connectivity index (χ1n) is 10.8. The van der Waals surface area contributed by atoms with E-state index < -0.39 is 11.8 Å². The summed E-state index contributed by atoms with van der Waals surface area (Å²) in [7, 11) is 0. The molecule has 176 valence electrons. The first kappa shape index (κ1) is 23.4. The standard InChI is InChI=1S/C26H18Cl3N3O3/c27-20-9-8-19(13-21(20)28)32-25(34)22(29)23(26(32)35)30-18-7-3-6-16(12-18)24(33)31-11-10-15-4-1-2-5-17(15)14-31/h1-9,12-13,30H,10-11,14H2. The van der Waals surface area contributed by atoms with E-state index in [2.05, 4.69) is 11.4 Å². The summed E-state index contributed by atoms with van der Waals surface area (Å²) < 4.78 is 0. The maximum Gasteiger partial charge on any atom is 0.283 e. The zero-order valence-corrected chi connectivity index (χ0v) is 20.5. The molecule has 6 nitrogen and oxygen atoms in total. The van der Waals surface area contributed by atoms with Crippen LogP contribution in [-0.2, 0) is 22.6 Å². The van der Waals surface area contributed by atoms with Crippen LogP contribution < -0.4 is 10.2 Å². The number of hydrogen-bond acceptors (Lipinski definition) is 4. The summed E-state index contributed by atoms with van der Waals surface area (Å²) in [4.78, 5) is 41.7. The van der Waals surface area contributed by atoms with Gasteiger partial charge in [-0.15, -0.1) is 0 Å². The molecule has 1 N–H and O–H groups in total. The maximum atomic E-state index is 13.2. The molecule has 3 aromatic carbocycles. The van der Waals surface area contributed by atoms with E-state index in [9.17, 15) is 14.4 Å². The van der Waals surface area contributed by atoms with Gasteiger partial charge in [-0.3, -0.25) is 14.4 Å². The van der Waals surface area contributed by atoms with Gasteiger partial charge in [0.05, 0.1) is 15.7 Å². The van der Waals surface area contributed by atoms with Gasteiger partial charge >= 0.3 is 0 Å². The van der Waals surface area contributed by atoms with Crippen LogP contribution in [0.4, 0.5) is 11.4 Å². The van der Waals surface area contributed by atoms with Gasteiger partial charge < -0.3 is 10.2 Å². The molecule has 0 spiro atoms. The molecule has 0 atom stereocenters. The predicted octanol–water partition coefficient (Wildman–Crippen LogP) is 5.63. The number of nitrogens with one attached hydrogen (secondary N) is 1. The predicted molar refractivity (Wildman–Crippen MR) is 137 cm³/mol. The lowest BCUT2D eigenvalue weighted by Crippen LogP contribution is -2.36. The van der Waals surface area contributed by atoms with Gasteiger partial charge in [0.2, 0.25) is 0 Å². The molecule has 0 saturated carbocycles. The molecule has 0 aliphatic carbocycles. The van der Waals surface area contributed by atoms with E-state index in [1.807, 2.05) is 18.2 Å². The van der Waals surface area contributed by atoms with Crippen molar-refractivity contribution in [2.45, 2.75) is 13.0 Å². The van der Waals surface area contributed by atoms with Crippen molar-refractivity contribution in [2.24, 2.45) is 0 Å². The Morgan fingerprint density at radius 1 is 0.829 bits per heavy atom. The Morgan fingerprint density at radius 3 is 2.37 bits per heavy atom. The molecule has 2 aliphatic rings. The molecule has 3 aromatic rings. The van der Waals surface area contributed by atoms with E-state index in [-0.39, 0.29) is 27.3 Å². The molecule has 0 unspecified atom stereocenters. The van der Waals surface area contributed by atoms with Gasteiger partial charge in [0.15, 0.2) is 0 Å². The fraction of sp³-hybridized carbons (Fsp3) is 0.115. The van der Waals surface area contributed by atoms with Crippen LogP contribution in [0.25, 0.3) is 0 Å². The molecule has 0 fully saturated rings. The second kappa shape index (κ2) is 9.38. The second-order valence-corrected chi connectivity index (χ2v) is 9.38. The number of fused-ring (bicyclic) bond motifs is 1. The summed E-state index contributed by atoms with van der Waals surface area (Å²) in [5.41, 5.74) is 3.47. The van der Waals surface area contributed by atoms with Crippen molar-refractivity contribution in [3.05, 3.63) is 104 Å². The molecule has 2 aliphatic heterocycles. The third-order valence-corrected chi connectivity index (χ3v) is 7.08. The summed E-state index contributed by atoms with van der Waals surface area (Å²) in [5, 5.41) is 3.16. The molecule has 2 heterocycles. The summed E-state index contributed by atoms with van der Waals surface area (Å²) in [6, 6.07) is 19.3. The molecule has 0 aromatic heterocycles. The normalized spacial score (nSPS) is 15.5. The highest BCUT2D eigenvalue weighted by atomic mass is 35.5. The minimum atomic E-state index is -0.684. The van der Waals surface area contributed by atoms with Crippen LogP contribution in [0.3, 0.4) is 0 Å². The lowest BCUT2D eigenvalue weighted by molar-refractivity contribution is -0.120. The largest absolute Gasteiger partial charge is 0.350 e. The molecule has 5 rings (SSSR count). The van der Waals surface area contributed by atoms with Gasteiger partial charge in [0.1, 0.15) is 10.7 Å². The Hall–Kier alpha value is -3.32. The fourth-order valence-corrected chi connectivity index (χ4v) is 4.70. The topological polar surface area (TPSA) is 69.7 Å². The zero-order valence-electron chi connectivity index (χ0n) is 18.2. The van der Waals surface area contributed by atoms with Crippen LogP contribution in [0.15, 0.2) is 77.5 Å². The van der Waals surface area contributed by atoms with Gasteiger partial charge in [0.25, 0.3) is 17.7 Å². The van der Waals surface area contributed by atoms with E-state index in [4.69, 9.17) is 34.8 Å². The summed E-state index contributed by atoms with van der Waals surface area (Å²) in [6.45, 7) is 1.16. The van der Waals surface area contributed by atoms with Crippen molar-refractivity contribution in [2.75, 3.05) is 16.8 Å². The summed E-state index contributed by atoms with van der Waals surface area (Å²) >= 11 is 18.2. The van der Waals surface area contributed by atoms with Crippen molar-refractivity contribution in [3.63, 3.8) is 0 Å². The smallest absolute Gasteiger partial charge is 0.283 e. The third-order valence-electron chi connectivity index (χ3n) is 5.99. The number of carbonyl (C=O) groups excluding carboxylic acids is 3. The minimum absolute atomic E-state index is 0.0840. The summed E-state index contributed by atoms with van der Waals surface area (Å²) in [5.74, 6) is -1.44. The third kappa shape index (κ3) is 4.41. The highest BCUT2D eigenvalue weighted by Gasteiger charge is 2.39. The van der Waals surface area contributed by atoms with E-state index in [1.165, 1.54) is 23.8 Å². The molecular weight excluding hydrogens is 509 g/mol. The number of amides is 3. The first-order chi connectivity index (χ1) is 16.8. The SMILES string of the molecule is O=C(c1cccc(NC2=C(Cl)C(=O)N(c3ccc(Cl)c(Cl)c3)C2=O)c1)N1CCc2ccccc2C1. The number of halogens is 3. The van der Waals surface area contributed by atoms with E-state index in [0.29, 0.717) is 29.4 Å². The Balaban J connectivity index is 1.35. The average Bonchev–Trinajstić information content (AvgIpc) is 3.08. The second-order valence-electron chi connectivity index (χ2n) is 8.18. The van der Waals surface area contributed by atoms with Crippen molar-refractivity contribution in [1.29, 1.82) is 0 Å². The first-order valence-corrected chi connectivity index (χ1v) is 11.9. The van der Waals surface area contributed by atoms with E-state index in [0.717, 1.165) is 16.9 Å². The monoisotopic (exact) mass is 525 g/mol. The highest BCUT2D eigenvalue weighted by molar-refractivity contribution is 6.53. The number of anilines is 2. The Bertz CT molecular complexity index is 1420. The quantitative estimate of drug-likeness (QED) is 0.448. The van der Waals surface area contributed by atoms with Crippen LogP contribution >= 0.6 is 34.8 Å². The van der Waals surface area contributed by atoms with E-state index in [1.54, 1.807) is 29.2 Å². The molecule has 35 heavy (non-hydrogen) atoms. The maximum absolute atomic E-state index is 13.2. The van der Waals surface area contributed by atoms with Gasteiger partial charge in [-0.05, 0) is 53.9 Å². The van der Waals surface area contributed by atoms with Gasteiger partial charge in [-0.25, -0.2) is 4.90 Å². The summed E-state index contributed by atoms with van der Waals surface area (Å²) in [6.07, 6.45) is 0.795.